The van der Waals surface area contributed by atoms with E-state index in [4.69, 9.17) is 0 Å². The second kappa shape index (κ2) is 5.35. The van der Waals surface area contributed by atoms with Crippen LogP contribution in [-0.2, 0) is 9.59 Å². The summed E-state index contributed by atoms with van der Waals surface area (Å²) in [6.07, 6.45) is 7.43. The normalized spacial score (nSPS) is 28.6. The van der Waals surface area contributed by atoms with Gasteiger partial charge >= 0.3 is 5.97 Å². The second-order valence-corrected chi connectivity index (χ2v) is 5.90. The number of hydrogen-bond acceptors (Lipinski definition) is 2. The summed E-state index contributed by atoms with van der Waals surface area (Å²) in [6, 6.07) is 0. The second-order valence-electron chi connectivity index (χ2n) is 5.90. The van der Waals surface area contributed by atoms with Crippen molar-refractivity contribution in [1.29, 1.82) is 0 Å². The van der Waals surface area contributed by atoms with E-state index in [-0.39, 0.29) is 18.4 Å². The number of rotatable bonds is 6. The monoisotopic (exact) mass is 265 g/mol. The molecule has 1 saturated carbocycles. The quantitative estimate of drug-likeness (QED) is 0.724. The predicted molar refractivity (Wildman–Crippen MR) is 72.5 cm³/mol. The fourth-order valence-electron chi connectivity index (χ4n) is 3.35. The molecule has 4 nitrogen and oxygen atoms in total. The van der Waals surface area contributed by atoms with Crippen LogP contribution in [0.2, 0.25) is 0 Å². The van der Waals surface area contributed by atoms with Crippen molar-refractivity contribution < 1.29 is 14.7 Å². The third-order valence-corrected chi connectivity index (χ3v) is 5.02. The molecule has 0 saturated heterocycles. The minimum Gasteiger partial charge on any atom is -0.481 e. The summed E-state index contributed by atoms with van der Waals surface area (Å²) in [4.78, 5) is 23.6. The van der Waals surface area contributed by atoms with E-state index >= 15 is 0 Å². The van der Waals surface area contributed by atoms with E-state index in [9.17, 15) is 14.7 Å². The number of allylic oxidation sites excluding steroid dienone is 2. The standard InChI is InChI=1S/C15H23NO3/c1-3-15(4-2,14(18)19)9-16-13(17)12-8-10-5-6-11(12)7-10/h5-6,10-12H,3-4,7-9H2,1-2H3,(H,16,17)(H,18,19). The van der Waals surface area contributed by atoms with Gasteiger partial charge in [0.2, 0.25) is 5.91 Å². The number of nitrogens with one attached hydrogen (secondary N) is 1. The molecular formula is C15H23NO3. The highest BCUT2D eigenvalue weighted by atomic mass is 16.4. The van der Waals surface area contributed by atoms with Crippen LogP contribution in [0.1, 0.15) is 39.5 Å². The first-order valence-corrected chi connectivity index (χ1v) is 7.22. The van der Waals surface area contributed by atoms with Crippen molar-refractivity contribution in [1.82, 2.24) is 5.32 Å². The lowest BCUT2D eigenvalue weighted by Gasteiger charge is -2.28. The van der Waals surface area contributed by atoms with Crippen LogP contribution in [0.5, 0.6) is 0 Å². The number of carbonyl (C=O) groups excluding carboxylic acids is 1. The van der Waals surface area contributed by atoms with Crippen molar-refractivity contribution in [3.63, 3.8) is 0 Å². The van der Waals surface area contributed by atoms with Gasteiger partial charge in [0, 0.05) is 12.5 Å². The lowest BCUT2D eigenvalue weighted by Crippen LogP contribution is -2.44. The number of aliphatic carboxylic acids is 1. The molecule has 2 rings (SSSR count). The maximum absolute atomic E-state index is 12.2. The molecule has 0 aromatic heterocycles. The smallest absolute Gasteiger partial charge is 0.311 e. The fraction of sp³-hybridized carbons (Fsp3) is 0.733. The summed E-state index contributed by atoms with van der Waals surface area (Å²) in [6.45, 7) is 3.97. The predicted octanol–water partition coefficient (Wildman–Crippen LogP) is 2.21. The molecule has 106 valence electrons. The Kier molecular flexibility index (Phi) is 3.97. The molecule has 2 N–H and O–H groups in total. The number of carboxylic acid groups (broad SMARTS) is 1. The third-order valence-electron chi connectivity index (χ3n) is 5.02. The Morgan fingerprint density at radius 3 is 2.37 bits per heavy atom. The first-order chi connectivity index (χ1) is 9.02. The van der Waals surface area contributed by atoms with Crippen molar-refractivity contribution in [3.8, 4) is 0 Å². The molecule has 0 radical (unpaired) electrons. The summed E-state index contributed by atoms with van der Waals surface area (Å²) in [5.74, 6) is 0.194. The van der Waals surface area contributed by atoms with Gasteiger partial charge < -0.3 is 10.4 Å². The van der Waals surface area contributed by atoms with E-state index in [0.29, 0.717) is 24.7 Å². The Labute approximate surface area is 114 Å². The Morgan fingerprint density at radius 1 is 1.26 bits per heavy atom. The fourth-order valence-corrected chi connectivity index (χ4v) is 3.35. The lowest BCUT2D eigenvalue weighted by atomic mass is 9.82. The molecule has 3 unspecified atom stereocenters. The highest BCUT2D eigenvalue weighted by molar-refractivity contribution is 5.81. The minimum absolute atomic E-state index is 0.0318. The topological polar surface area (TPSA) is 66.4 Å². The van der Waals surface area contributed by atoms with E-state index in [1.54, 1.807) is 0 Å². The Bertz CT molecular complexity index is 398. The number of hydrogen-bond donors (Lipinski definition) is 2. The first-order valence-electron chi connectivity index (χ1n) is 7.22. The van der Waals surface area contributed by atoms with E-state index in [0.717, 1.165) is 12.8 Å². The number of carbonyl (C=O) groups is 2. The summed E-state index contributed by atoms with van der Waals surface area (Å²) >= 11 is 0. The molecule has 1 fully saturated rings. The van der Waals surface area contributed by atoms with E-state index < -0.39 is 11.4 Å². The van der Waals surface area contributed by atoms with Crippen LogP contribution in [0.3, 0.4) is 0 Å². The summed E-state index contributed by atoms with van der Waals surface area (Å²) in [5, 5.41) is 12.2. The molecule has 1 amide bonds. The van der Waals surface area contributed by atoms with Gasteiger partial charge in [-0.2, -0.15) is 0 Å². The number of fused-ring (bicyclic) bond motifs is 2. The van der Waals surface area contributed by atoms with Gasteiger partial charge in [-0.05, 0) is 37.5 Å². The number of carboxylic acids is 1. The van der Waals surface area contributed by atoms with Crippen molar-refractivity contribution in [2.24, 2.45) is 23.2 Å². The van der Waals surface area contributed by atoms with Gasteiger partial charge in [-0.1, -0.05) is 26.0 Å². The van der Waals surface area contributed by atoms with Gasteiger partial charge in [-0.25, -0.2) is 0 Å². The van der Waals surface area contributed by atoms with E-state index in [1.807, 2.05) is 13.8 Å². The van der Waals surface area contributed by atoms with Gasteiger partial charge in [-0.15, -0.1) is 0 Å². The van der Waals surface area contributed by atoms with Crippen LogP contribution in [0, 0.1) is 23.2 Å². The van der Waals surface area contributed by atoms with Gasteiger partial charge in [0.05, 0.1) is 5.41 Å². The average molecular weight is 265 g/mol. The highest BCUT2D eigenvalue weighted by Crippen LogP contribution is 2.43. The maximum Gasteiger partial charge on any atom is 0.311 e. The van der Waals surface area contributed by atoms with Crippen LogP contribution in [-0.4, -0.2) is 23.5 Å². The average Bonchev–Trinajstić information content (AvgIpc) is 3.02. The highest BCUT2D eigenvalue weighted by Gasteiger charge is 2.41. The van der Waals surface area contributed by atoms with Crippen LogP contribution in [0.25, 0.3) is 0 Å². The molecule has 19 heavy (non-hydrogen) atoms. The largest absolute Gasteiger partial charge is 0.481 e. The zero-order valence-electron chi connectivity index (χ0n) is 11.7. The summed E-state index contributed by atoms with van der Waals surface area (Å²) in [5.41, 5.74) is -0.816. The van der Waals surface area contributed by atoms with Crippen molar-refractivity contribution in [2.45, 2.75) is 39.5 Å². The van der Waals surface area contributed by atoms with Crippen LogP contribution in [0.4, 0.5) is 0 Å². The Hall–Kier alpha value is -1.32. The zero-order valence-corrected chi connectivity index (χ0v) is 11.7. The summed E-state index contributed by atoms with van der Waals surface area (Å²) < 4.78 is 0. The first kappa shape index (κ1) is 14.1. The van der Waals surface area contributed by atoms with E-state index in [1.165, 1.54) is 0 Å². The molecule has 0 aromatic rings. The third kappa shape index (κ3) is 2.53. The Balaban J connectivity index is 1.93. The van der Waals surface area contributed by atoms with Gasteiger partial charge in [0.25, 0.3) is 0 Å². The SMILES string of the molecule is CCC(CC)(CNC(=O)C1CC2C=CC1C2)C(=O)O. The minimum atomic E-state index is -0.816. The molecule has 0 aliphatic heterocycles. The zero-order chi connectivity index (χ0) is 14.0. The van der Waals surface area contributed by atoms with E-state index in [2.05, 4.69) is 17.5 Å². The molecule has 0 aromatic carbocycles. The molecule has 0 heterocycles. The number of amides is 1. The van der Waals surface area contributed by atoms with Crippen LogP contribution >= 0.6 is 0 Å². The van der Waals surface area contributed by atoms with Gasteiger partial charge in [0.1, 0.15) is 0 Å². The molecule has 3 atom stereocenters. The molecule has 0 spiro atoms. The molecular weight excluding hydrogens is 242 g/mol. The van der Waals surface area contributed by atoms with Gasteiger partial charge in [0.15, 0.2) is 0 Å². The maximum atomic E-state index is 12.2. The molecule has 2 bridgehead atoms. The van der Waals surface area contributed by atoms with Crippen molar-refractivity contribution in [2.75, 3.05) is 6.54 Å². The molecule has 2 aliphatic rings. The summed E-state index contributed by atoms with van der Waals surface area (Å²) in [7, 11) is 0. The van der Waals surface area contributed by atoms with Crippen LogP contribution < -0.4 is 5.32 Å². The molecule has 4 heteroatoms. The van der Waals surface area contributed by atoms with Crippen LogP contribution in [0.15, 0.2) is 12.2 Å². The lowest BCUT2D eigenvalue weighted by molar-refractivity contribution is -0.149. The Morgan fingerprint density at radius 2 is 1.95 bits per heavy atom. The van der Waals surface area contributed by atoms with Gasteiger partial charge in [-0.3, -0.25) is 9.59 Å². The molecule has 2 aliphatic carbocycles. The van der Waals surface area contributed by atoms with Crippen molar-refractivity contribution >= 4 is 11.9 Å². The van der Waals surface area contributed by atoms with Crippen molar-refractivity contribution in [3.05, 3.63) is 12.2 Å².